The van der Waals surface area contributed by atoms with E-state index in [1.807, 2.05) is 0 Å². The Hall–Kier alpha value is 0.0800. The fourth-order valence-corrected chi connectivity index (χ4v) is 1.74. The van der Waals surface area contributed by atoms with Crippen molar-refractivity contribution in [1.82, 2.24) is 0 Å². The Bertz CT molecular complexity index is 239. The zero-order valence-electron chi connectivity index (χ0n) is 4.70. The van der Waals surface area contributed by atoms with Crippen LogP contribution in [0.15, 0.2) is 16.6 Å². The first kappa shape index (κ1) is 8.18. The average molecular weight is 241 g/mol. The van der Waals surface area contributed by atoms with Crippen LogP contribution in [0.25, 0.3) is 0 Å². The zero-order valence-corrected chi connectivity index (χ0v) is 7.79. The van der Waals surface area contributed by atoms with E-state index in [9.17, 15) is 5.11 Å². The number of benzene rings is 1. The Morgan fingerprint density at radius 1 is 1.20 bits per heavy atom. The van der Waals surface area contributed by atoms with Gasteiger partial charge in [-0.3, -0.25) is 5.11 Å². The van der Waals surface area contributed by atoms with Gasteiger partial charge in [0.2, 0.25) is 5.75 Å². The summed E-state index contributed by atoms with van der Waals surface area (Å²) >= 11 is 14.1. The lowest BCUT2D eigenvalue weighted by Crippen LogP contribution is -1.69. The molecular formula is C6H2BrCl2O. The van der Waals surface area contributed by atoms with Gasteiger partial charge in [0, 0.05) is 4.47 Å². The normalized spacial score (nSPS) is 9.90. The van der Waals surface area contributed by atoms with Crippen LogP contribution in [0.1, 0.15) is 0 Å². The molecule has 0 spiro atoms. The summed E-state index contributed by atoms with van der Waals surface area (Å²) in [5.74, 6) is -0.327. The zero-order chi connectivity index (χ0) is 7.72. The van der Waals surface area contributed by atoms with Crippen molar-refractivity contribution in [2.75, 3.05) is 0 Å². The molecule has 1 aromatic carbocycles. The van der Waals surface area contributed by atoms with E-state index >= 15 is 0 Å². The van der Waals surface area contributed by atoms with Crippen molar-refractivity contribution in [3.05, 3.63) is 26.7 Å². The summed E-state index contributed by atoms with van der Waals surface area (Å²) in [5, 5.41) is 11.1. The highest BCUT2D eigenvalue weighted by Crippen LogP contribution is 2.34. The molecule has 0 aliphatic rings. The number of halogens is 3. The molecule has 0 aliphatic heterocycles. The molecule has 0 aliphatic carbocycles. The van der Waals surface area contributed by atoms with Gasteiger partial charge in [-0.25, -0.2) is 0 Å². The third kappa shape index (κ3) is 1.57. The summed E-state index contributed by atoms with van der Waals surface area (Å²) in [4.78, 5) is 0. The third-order valence-corrected chi connectivity index (χ3v) is 1.98. The molecule has 4 heteroatoms. The summed E-state index contributed by atoms with van der Waals surface area (Å²) in [5.41, 5.74) is 0. The van der Waals surface area contributed by atoms with Crippen LogP contribution in [-0.2, 0) is 5.11 Å². The van der Waals surface area contributed by atoms with Crippen molar-refractivity contribution in [3.8, 4) is 5.75 Å². The van der Waals surface area contributed by atoms with Gasteiger partial charge in [-0.15, -0.1) is 0 Å². The van der Waals surface area contributed by atoms with Crippen LogP contribution in [0.3, 0.4) is 0 Å². The van der Waals surface area contributed by atoms with E-state index in [0.717, 1.165) is 0 Å². The molecule has 53 valence electrons. The van der Waals surface area contributed by atoms with Crippen LogP contribution in [0.2, 0.25) is 10.0 Å². The highest BCUT2D eigenvalue weighted by molar-refractivity contribution is 9.10. The predicted octanol–water partition coefficient (Wildman–Crippen LogP) is 3.90. The van der Waals surface area contributed by atoms with E-state index in [2.05, 4.69) is 15.9 Å². The molecular weight excluding hydrogens is 239 g/mol. The Morgan fingerprint density at radius 2 is 1.60 bits per heavy atom. The minimum absolute atomic E-state index is 0.138. The van der Waals surface area contributed by atoms with Crippen molar-refractivity contribution < 1.29 is 5.11 Å². The predicted molar refractivity (Wildman–Crippen MR) is 44.3 cm³/mol. The van der Waals surface area contributed by atoms with E-state index in [-0.39, 0.29) is 15.8 Å². The van der Waals surface area contributed by atoms with E-state index in [4.69, 9.17) is 23.2 Å². The van der Waals surface area contributed by atoms with Crippen molar-refractivity contribution >= 4 is 39.1 Å². The fourth-order valence-electron chi connectivity index (χ4n) is 0.529. The molecule has 1 nitrogen and oxygen atoms in total. The maximum atomic E-state index is 10.8. The van der Waals surface area contributed by atoms with E-state index in [0.29, 0.717) is 4.47 Å². The van der Waals surface area contributed by atoms with Gasteiger partial charge in [-0.05, 0) is 12.1 Å². The minimum Gasteiger partial charge on any atom is -0.287 e. The molecule has 1 aromatic rings. The molecule has 1 radical (unpaired) electrons. The Balaban J connectivity index is 3.31. The number of hydrogen-bond acceptors (Lipinski definition) is 0. The summed E-state index contributed by atoms with van der Waals surface area (Å²) in [7, 11) is 0. The second kappa shape index (κ2) is 2.99. The maximum Gasteiger partial charge on any atom is 0.215 e. The van der Waals surface area contributed by atoms with Gasteiger partial charge in [0.25, 0.3) is 0 Å². The molecule has 0 heterocycles. The van der Waals surface area contributed by atoms with Crippen molar-refractivity contribution in [1.29, 1.82) is 0 Å². The molecule has 0 N–H and O–H groups in total. The van der Waals surface area contributed by atoms with Crippen molar-refractivity contribution in [3.63, 3.8) is 0 Å². The van der Waals surface area contributed by atoms with E-state index in [1.165, 1.54) is 12.1 Å². The van der Waals surface area contributed by atoms with Crippen LogP contribution in [0.4, 0.5) is 0 Å². The number of hydrogen-bond donors (Lipinski definition) is 0. The molecule has 0 atom stereocenters. The van der Waals surface area contributed by atoms with Gasteiger partial charge in [-0.1, -0.05) is 39.1 Å². The molecule has 0 aromatic heterocycles. The summed E-state index contributed by atoms with van der Waals surface area (Å²) in [6.45, 7) is 0. The SMILES string of the molecule is [O]c1c(Cl)cc(Br)cc1Cl. The monoisotopic (exact) mass is 239 g/mol. The highest BCUT2D eigenvalue weighted by atomic mass is 79.9. The van der Waals surface area contributed by atoms with Gasteiger partial charge in [0.1, 0.15) is 0 Å². The van der Waals surface area contributed by atoms with Crippen LogP contribution >= 0.6 is 39.1 Å². The lowest BCUT2D eigenvalue weighted by atomic mass is 10.3. The Kier molecular flexibility index (Phi) is 2.45. The quantitative estimate of drug-likeness (QED) is 0.656. The maximum absolute atomic E-state index is 10.8. The standard InChI is InChI=1S/C6H2BrCl2O/c7-3-1-4(8)6(10)5(9)2-3/h1-2H. The number of rotatable bonds is 0. The second-order valence-corrected chi connectivity index (χ2v) is 3.43. The van der Waals surface area contributed by atoms with Gasteiger partial charge in [0.05, 0.1) is 10.0 Å². The van der Waals surface area contributed by atoms with Gasteiger partial charge in [0.15, 0.2) is 0 Å². The van der Waals surface area contributed by atoms with Crippen molar-refractivity contribution in [2.45, 2.75) is 0 Å². The first-order valence-electron chi connectivity index (χ1n) is 2.43. The Morgan fingerprint density at radius 3 is 2.00 bits per heavy atom. The molecule has 0 unspecified atom stereocenters. The largest absolute Gasteiger partial charge is 0.287 e. The second-order valence-electron chi connectivity index (χ2n) is 1.70. The first-order valence-corrected chi connectivity index (χ1v) is 3.97. The minimum atomic E-state index is -0.327. The van der Waals surface area contributed by atoms with Gasteiger partial charge >= 0.3 is 0 Å². The lowest BCUT2D eigenvalue weighted by Gasteiger charge is -1.95. The molecule has 1 rings (SSSR count). The summed E-state index contributed by atoms with van der Waals surface area (Å²) in [6, 6.07) is 3.02. The summed E-state index contributed by atoms with van der Waals surface area (Å²) in [6.07, 6.45) is 0. The first-order chi connectivity index (χ1) is 4.61. The molecule has 10 heavy (non-hydrogen) atoms. The average Bonchev–Trinajstić information content (AvgIpc) is 1.82. The molecule has 0 saturated carbocycles. The lowest BCUT2D eigenvalue weighted by molar-refractivity contribution is 0.355. The Labute approximate surface area is 76.7 Å². The van der Waals surface area contributed by atoms with Gasteiger partial charge < -0.3 is 0 Å². The molecule has 0 saturated heterocycles. The molecule has 0 amide bonds. The fraction of sp³-hybridized carbons (Fsp3) is 0. The third-order valence-electron chi connectivity index (χ3n) is 0.963. The van der Waals surface area contributed by atoms with Crippen molar-refractivity contribution in [2.24, 2.45) is 0 Å². The van der Waals surface area contributed by atoms with E-state index in [1.54, 1.807) is 0 Å². The van der Waals surface area contributed by atoms with E-state index < -0.39 is 0 Å². The molecule has 0 fully saturated rings. The van der Waals surface area contributed by atoms with Crippen LogP contribution < -0.4 is 0 Å². The van der Waals surface area contributed by atoms with Crippen LogP contribution in [0.5, 0.6) is 5.75 Å². The summed E-state index contributed by atoms with van der Waals surface area (Å²) < 4.78 is 0.710. The van der Waals surface area contributed by atoms with Crippen LogP contribution in [0, 0.1) is 0 Å². The topological polar surface area (TPSA) is 19.9 Å². The van der Waals surface area contributed by atoms with Crippen LogP contribution in [-0.4, -0.2) is 0 Å². The molecule has 0 bridgehead atoms. The highest BCUT2D eigenvalue weighted by Gasteiger charge is 2.06. The van der Waals surface area contributed by atoms with Gasteiger partial charge in [-0.2, -0.15) is 0 Å². The smallest absolute Gasteiger partial charge is 0.215 e.